The molecule has 0 heterocycles. The van der Waals surface area contributed by atoms with Gasteiger partial charge in [0.1, 0.15) is 5.82 Å². The highest BCUT2D eigenvalue weighted by molar-refractivity contribution is 7.80. The largest absolute Gasteiger partial charge is 0.357 e. The van der Waals surface area contributed by atoms with Crippen LogP contribution in [0.15, 0.2) is 59.7 Å². The quantitative estimate of drug-likeness (QED) is 0.516. The Kier molecular flexibility index (Phi) is 5.20. The van der Waals surface area contributed by atoms with Crippen LogP contribution in [0.3, 0.4) is 0 Å². The number of hydrogen-bond acceptors (Lipinski definition) is 2. The second-order valence-electron chi connectivity index (χ2n) is 4.06. The van der Waals surface area contributed by atoms with Crippen molar-refractivity contribution < 1.29 is 4.39 Å². The fraction of sp³-hybridized carbons (Fsp3) is 0.0667. The number of benzene rings is 2. The molecule has 20 heavy (non-hydrogen) atoms. The van der Waals surface area contributed by atoms with Crippen LogP contribution in [0, 0.1) is 5.82 Å². The number of hydrogen-bond donors (Lipinski definition) is 2. The van der Waals surface area contributed by atoms with Gasteiger partial charge in [-0.2, -0.15) is 5.10 Å². The van der Waals surface area contributed by atoms with Crippen LogP contribution in [0.25, 0.3) is 0 Å². The topological polar surface area (TPSA) is 36.4 Å². The summed E-state index contributed by atoms with van der Waals surface area (Å²) in [6.45, 7) is 0.613. The SMILES string of the molecule is Fc1ccccc1C=NNC(=S)NCc1ccccc1. The first-order valence-corrected chi connectivity index (χ1v) is 6.52. The smallest absolute Gasteiger partial charge is 0.187 e. The molecule has 0 fully saturated rings. The van der Waals surface area contributed by atoms with Crippen molar-refractivity contribution in [2.45, 2.75) is 6.54 Å². The lowest BCUT2D eigenvalue weighted by molar-refractivity contribution is 0.626. The van der Waals surface area contributed by atoms with Gasteiger partial charge in [0, 0.05) is 12.1 Å². The summed E-state index contributed by atoms with van der Waals surface area (Å²) < 4.78 is 13.3. The van der Waals surface area contributed by atoms with Crippen molar-refractivity contribution in [1.82, 2.24) is 10.7 Å². The number of rotatable bonds is 4. The van der Waals surface area contributed by atoms with E-state index in [1.807, 2.05) is 30.3 Å². The molecule has 3 nitrogen and oxygen atoms in total. The van der Waals surface area contributed by atoms with Gasteiger partial charge in [-0.25, -0.2) is 4.39 Å². The van der Waals surface area contributed by atoms with E-state index in [1.165, 1.54) is 12.3 Å². The summed E-state index contributed by atoms with van der Waals surface area (Å²) in [4.78, 5) is 0. The molecule has 0 amide bonds. The molecule has 0 saturated carbocycles. The van der Waals surface area contributed by atoms with E-state index in [0.717, 1.165) is 5.56 Å². The fourth-order valence-corrected chi connectivity index (χ4v) is 1.68. The number of thiocarbonyl (C=S) groups is 1. The Morgan fingerprint density at radius 1 is 1.10 bits per heavy atom. The van der Waals surface area contributed by atoms with Gasteiger partial charge < -0.3 is 5.32 Å². The maximum Gasteiger partial charge on any atom is 0.187 e. The lowest BCUT2D eigenvalue weighted by Gasteiger charge is -2.06. The zero-order chi connectivity index (χ0) is 14.2. The third-order valence-electron chi connectivity index (χ3n) is 2.57. The normalized spacial score (nSPS) is 10.4. The first-order valence-electron chi connectivity index (χ1n) is 6.11. The van der Waals surface area contributed by atoms with Crippen molar-refractivity contribution >= 4 is 23.5 Å². The molecular formula is C15H14FN3S. The maximum absolute atomic E-state index is 13.3. The maximum atomic E-state index is 13.3. The summed E-state index contributed by atoms with van der Waals surface area (Å²) in [6, 6.07) is 16.3. The van der Waals surface area contributed by atoms with Crippen LogP contribution in [0.1, 0.15) is 11.1 Å². The van der Waals surface area contributed by atoms with Crippen molar-refractivity contribution in [2.75, 3.05) is 0 Å². The Hall–Kier alpha value is -2.27. The van der Waals surface area contributed by atoms with Gasteiger partial charge in [0.05, 0.1) is 6.21 Å². The van der Waals surface area contributed by atoms with Crippen molar-refractivity contribution in [1.29, 1.82) is 0 Å². The monoisotopic (exact) mass is 287 g/mol. The highest BCUT2D eigenvalue weighted by Crippen LogP contribution is 2.02. The van der Waals surface area contributed by atoms with E-state index in [1.54, 1.807) is 18.2 Å². The van der Waals surface area contributed by atoms with E-state index in [0.29, 0.717) is 17.2 Å². The van der Waals surface area contributed by atoms with Crippen molar-refractivity contribution in [3.05, 3.63) is 71.5 Å². The average molecular weight is 287 g/mol. The number of halogens is 1. The Morgan fingerprint density at radius 3 is 2.55 bits per heavy atom. The molecule has 0 aliphatic heterocycles. The third kappa shape index (κ3) is 4.44. The molecule has 0 atom stereocenters. The van der Waals surface area contributed by atoms with Crippen molar-refractivity contribution in [3.63, 3.8) is 0 Å². The molecule has 0 spiro atoms. The fourth-order valence-electron chi connectivity index (χ4n) is 1.56. The lowest BCUT2D eigenvalue weighted by Crippen LogP contribution is -2.31. The Bertz CT molecular complexity index is 599. The molecule has 0 aliphatic rings. The number of nitrogens with zero attached hydrogens (tertiary/aromatic N) is 1. The van der Waals surface area contributed by atoms with Gasteiger partial charge in [-0.15, -0.1) is 0 Å². The highest BCUT2D eigenvalue weighted by Gasteiger charge is 1.97. The van der Waals surface area contributed by atoms with Crippen LogP contribution < -0.4 is 10.7 Å². The molecule has 102 valence electrons. The number of hydrazone groups is 1. The average Bonchev–Trinajstić information content (AvgIpc) is 2.48. The van der Waals surface area contributed by atoms with Crippen molar-refractivity contribution in [2.24, 2.45) is 5.10 Å². The summed E-state index contributed by atoms with van der Waals surface area (Å²) in [5.41, 5.74) is 4.18. The van der Waals surface area contributed by atoms with Gasteiger partial charge in [-0.3, -0.25) is 5.43 Å². The minimum Gasteiger partial charge on any atom is -0.357 e. The lowest BCUT2D eigenvalue weighted by atomic mass is 10.2. The Morgan fingerprint density at radius 2 is 1.80 bits per heavy atom. The molecule has 0 radical (unpaired) electrons. The first-order chi connectivity index (χ1) is 9.75. The molecule has 2 N–H and O–H groups in total. The van der Waals surface area contributed by atoms with Gasteiger partial charge in [-0.05, 0) is 23.8 Å². The second-order valence-corrected chi connectivity index (χ2v) is 4.47. The zero-order valence-corrected chi connectivity index (χ0v) is 11.5. The third-order valence-corrected chi connectivity index (χ3v) is 2.81. The van der Waals surface area contributed by atoms with Crippen LogP contribution in [-0.2, 0) is 6.54 Å². The van der Waals surface area contributed by atoms with E-state index in [4.69, 9.17) is 12.2 Å². The van der Waals surface area contributed by atoms with Crippen LogP contribution in [-0.4, -0.2) is 11.3 Å². The summed E-state index contributed by atoms with van der Waals surface area (Å²) in [5.74, 6) is -0.318. The minimum atomic E-state index is -0.318. The molecule has 0 bridgehead atoms. The molecule has 2 aromatic rings. The van der Waals surface area contributed by atoms with Crippen LogP contribution in [0.2, 0.25) is 0 Å². The minimum absolute atomic E-state index is 0.318. The van der Waals surface area contributed by atoms with Crippen LogP contribution in [0.4, 0.5) is 4.39 Å². The second kappa shape index (κ2) is 7.35. The van der Waals surface area contributed by atoms with Gasteiger partial charge in [0.15, 0.2) is 5.11 Å². The van der Waals surface area contributed by atoms with Crippen LogP contribution >= 0.6 is 12.2 Å². The van der Waals surface area contributed by atoms with Gasteiger partial charge in [0.2, 0.25) is 0 Å². The standard InChI is InChI=1S/C15H14FN3S/c16-14-9-5-4-8-13(14)11-18-19-15(20)17-10-12-6-2-1-3-7-12/h1-9,11H,10H2,(H2,17,19,20). The van der Waals surface area contributed by atoms with E-state index in [2.05, 4.69) is 15.8 Å². The van der Waals surface area contributed by atoms with Gasteiger partial charge >= 0.3 is 0 Å². The predicted molar refractivity (Wildman–Crippen MR) is 83.0 cm³/mol. The van der Waals surface area contributed by atoms with E-state index >= 15 is 0 Å². The van der Waals surface area contributed by atoms with Gasteiger partial charge in [0.25, 0.3) is 0 Å². The Labute approximate surface area is 122 Å². The van der Waals surface area contributed by atoms with E-state index in [-0.39, 0.29) is 5.82 Å². The molecular weight excluding hydrogens is 273 g/mol. The van der Waals surface area contributed by atoms with E-state index in [9.17, 15) is 4.39 Å². The predicted octanol–water partition coefficient (Wildman–Crippen LogP) is 2.82. The molecule has 2 rings (SSSR count). The molecule has 0 unspecified atom stereocenters. The molecule has 0 saturated heterocycles. The van der Waals surface area contributed by atoms with Crippen LogP contribution in [0.5, 0.6) is 0 Å². The zero-order valence-electron chi connectivity index (χ0n) is 10.7. The summed E-state index contributed by atoms with van der Waals surface area (Å²) in [5, 5.41) is 7.30. The summed E-state index contributed by atoms with van der Waals surface area (Å²) >= 11 is 5.07. The van der Waals surface area contributed by atoms with Crippen molar-refractivity contribution in [3.8, 4) is 0 Å². The molecule has 5 heteroatoms. The Balaban J connectivity index is 1.79. The molecule has 0 aromatic heterocycles. The summed E-state index contributed by atoms with van der Waals surface area (Å²) in [6.07, 6.45) is 1.39. The number of nitrogens with one attached hydrogen (secondary N) is 2. The van der Waals surface area contributed by atoms with Gasteiger partial charge in [-0.1, -0.05) is 48.5 Å². The first kappa shape index (κ1) is 14.1. The summed E-state index contributed by atoms with van der Waals surface area (Å²) in [7, 11) is 0. The molecule has 0 aliphatic carbocycles. The highest BCUT2D eigenvalue weighted by atomic mass is 32.1. The van der Waals surface area contributed by atoms with E-state index < -0.39 is 0 Å². The molecule has 2 aromatic carbocycles.